The Kier molecular flexibility index (Phi) is 4.94. The van der Waals surface area contributed by atoms with E-state index < -0.39 is 0 Å². The highest BCUT2D eigenvalue weighted by atomic mass is 16.5. The summed E-state index contributed by atoms with van der Waals surface area (Å²) in [5.41, 5.74) is 6.01. The first-order valence-corrected chi connectivity index (χ1v) is 8.80. The van der Waals surface area contributed by atoms with Crippen molar-refractivity contribution in [1.29, 1.82) is 0 Å². The molecule has 0 aliphatic carbocycles. The number of aryl methyl sites for hydroxylation is 3. The van der Waals surface area contributed by atoms with Crippen molar-refractivity contribution < 1.29 is 9.53 Å². The van der Waals surface area contributed by atoms with E-state index in [2.05, 4.69) is 38.2 Å². The van der Waals surface area contributed by atoms with Crippen molar-refractivity contribution in [2.75, 3.05) is 5.32 Å². The Morgan fingerprint density at radius 3 is 2.35 bits per heavy atom. The molecule has 0 aliphatic rings. The number of nitrogens with one attached hydrogen (secondary N) is 1. The molecule has 0 amide bonds. The summed E-state index contributed by atoms with van der Waals surface area (Å²) in [4.78, 5) is 16.7. The van der Waals surface area contributed by atoms with Crippen molar-refractivity contribution in [2.24, 2.45) is 0 Å². The minimum absolute atomic E-state index is 0.128. The fourth-order valence-electron chi connectivity index (χ4n) is 3.03. The Morgan fingerprint density at radius 1 is 1.00 bits per heavy atom. The molecule has 2 aromatic carbocycles. The molecule has 0 saturated heterocycles. The van der Waals surface area contributed by atoms with Gasteiger partial charge in [0.1, 0.15) is 5.82 Å². The van der Waals surface area contributed by atoms with Crippen molar-refractivity contribution >= 4 is 28.4 Å². The third kappa shape index (κ3) is 3.85. The number of pyridine rings is 1. The third-order valence-electron chi connectivity index (χ3n) is 4.19. The molecule has 134 valence electrons. The standard InChI is InChI=1S/C22H24N2O2/c1-13(2)26-22(25)17-6-8-18(9-7-17)23-20-12-15(4)19-11-14(3)10-16(5)21(19)24-20/h6-13H,1-5H3,(H,23,24). The maximum Gasteiger partial charge on any atom is 0.338 e. The SMILES string of the molecule is Cc1cc(C)c2nc(Nc3ccc(C(=O)OC(C)C)cc3)cc(C)c2c1. The van der Waals surface area contributed by atoms with Crippen molar-refractivity contribution in [3.8, 4) is 0 Å². The number of benzene rings is 2. The molecule has 3 aromatic rings. The molecule has 0 spiro atoms. The van der Waals surface area contributed by atoms with Gasteiger partial charge < -0.3 is 10.1 Å². The molecule has 26 heavy (non-hydrogen) atoms. The van der Waals surface area contributed by atoms with Crippen molar-refractivity contribution in [3.05, 3.63) is 64.7 Å². The second kappa shape index (κ2) is 7.16. The van der Waals surface area contributed by atoms with E-state index >= 15 is 0 Å². The Labute approximate surface area is 154 Å². The number of fused-ring (bicyclic) bond motifs is 1. The maximum atomic E-state index is 11.9. The van der Waals surface area contributed by atoms with Crippen LogP contribution in [0.1, 0.15) is 40.9 Å². The van der Waals surface area contributed by atoms with Gasteiger partial charge in [-0.25, -0.2) is 9.78 Å². The van der Waals surface area contributed by atoms with Gasteiger partial charge in [-0.2, -0.15) is 0 Å². The van der Waals surface area contributed by atoms with Gasteiger partial charge in [-0.1, -0.05) is 11.6 Å². The fourth-order valence-corrected chi connectivity index (χ4v) is 3.03. The van der Waals surface area contributed by atoms with Crippen LogP contribution in [0, 0.1) is 20.8 Å². The molecule has 1 aromatic heterocycles. The summed E-state index contributed by atoms with van der Waals surface area (Å²) in [5, 5.41) is 4.50. The van der Waals surface area contributed by atoms with Crippen LogP contribution in [0.15, 0.2) is 42.5 Å². The Hall–Kier alpha value is -2.88. The first-order chi connectivity index (χ1) is 12.3. The van der Waals surface area contributed by atoms with Gasteiger partial charge >= 0.3 is 5.97 Å². The molecule has 0 saturated carbocycles. The predicted octanol–water partition coefficient (Wildman–Crippen LogP) is 5.47. The highest BCUT2D eigenvalue weighted by Gasteiger charge is 2.10. The molecule has 0 fully saturated rings. The number of hydrogen-bond donors (Lipinski definition) is 1. The van der Waals surface area contributed by atoms with E-state index in [1.807, 2.05) is 32.0 Å². The zero-order valence-corrected chi connectivity index (χ0v) is 15.9. The van der Waals surface area contributed by atoms with Gasteiger partial charge in [-0.15, -0.1) is 0 Å². The summed E-state index contributed by atoms with van der Waals surface area (Å²) in [6.07, 6.45) is -0.128. The van der Waals surface area contributed by atoms with Gasteiger partial charge in [0, 0.05) is 11.1 Å². The Bertz CT molecular complexity index is 960. The molecule has 0 bridgehead atoms. The number of rotatable bonds is 4. The summed E-state index contributed by atoms with van der Waals surface area (Å²) in [6.45, 7) is 9.96. The van der Waals surface area contributed by atoms with Crippen molar-refractivity contribution in [3.63, 3.8) is 0 Å². The second-order valence-corrected chi connectivity index (χ2v) is 6.96. The molecule has 4 nitrogen and oxygen atoms in total. The molecule has 0 unspecified atom stereocenters. The lowest BCUT2D eigenvalue weighted by Gasteiger charge is -2.12. The Balaban J connectivity index is 1.86. The molecule has 1 heterocycles. The van der Waals surface area contributed by atoms with Crippen molar-refractivity contribution in [2.45, 2.75) is 40.7 Å². The predicted molar refractivity (Wildman–Crippen MR) is 106 cm³/mol. The van der Waals surface area contributed by atoms with Crippen LogP contribution >= 0.6 is 0 Å². The normalized spacial score (nSPS) is 11.0. The van der Waals surface area contributed by atoms with Gasteiger partial charge in [-0.05, 0) is 82.1 Å². The molecule has 0 radical (unpaired) electrons. The quantitative estimate of drug-likeness (QED) is 0.635. The monoisotopic (exact) mass is 348 g/mol. The van der Waals surface area contributed by atoms with Crippen LogP contribution < -0.4 is 5.32 Å². The molecule has 4 heteroatoms. The van der Waals surface area contributed by atoms with Gasteiger partial charge in [-0.3, -0.25) is 0 Å². The van der Waals surface area contributed by atoms with Gasteiger partial charge in [0.2, 0.25) is 0 Å². The summed E-state index contributed by atoms with van der Waals surface area (Å²) in [7, 11) is 0. The van der Waals surface area contributed by atoms with E-state index in [0.717, 1.165) is 17.0 Å². The molecule has 0 aliphatic heterocycles. The number of esters is 1. The topological polar surface area (TPSA) is 51.2 Å². The average Bonchev–Trinajstić information content (AvgIpc) is 2.56. The molecular weight excluding hydrogens is 324 g/mol. The maximum absolute atomic E-state index is 11.9. The molecule has 1 N–H and O–H groups in total. The smallest absolute Gasteiger partial charge is 0.338 e. The average molecular weight is 348 g/mol. The summed E-state index contributed by atoms with van der Waals surface area (Å²) in [5.74, 6) is 0.483. The zero-order valence-electron chi connectivity index (χ0n) is 15.9. The lowest BCUT2D eigenvalue weighted by atomic mass is 10.0. The minimum Gasteiger partial charge on any atom is -0.459 e. The van der Waals surface area contributed by atoms with Crippen LogP contribution in [0.3, 0.4) is 0 Å². The molecule has 0 atom stereocenters. The number of carbonyl (C=O) groups excluding carboxylic acids is 1. The van der Waals surface area contributed by atoms with Crippen LogP contribution in [-0.4, -0.2) is 17.1 Å². The first kappa shape index (κ1) is 17.9. The lowest BCUT2D eigenvalue weighted by molar-refractivity contribution is 0.0378. The van der Waals surface area contributed by atoms with Crippen LogP contribution in [0.4, 0.5) is 11.5 Å². The zero-order chi connectivity index (χ0) is 18.8. The van der Waals surface area contributed by atoms with E-state index in [0.29, 0.717) is 5.56 Å². The van der Waals surface area contributed by atoms with Crippen LogP contribution in [0.5, 0.6) is 0 Å². The second-order valence-electron chi connectivity index (χ2n) is 6.96. The van der Waals surface area contributed by atoms with E-state index in [4.69, 9.17) is 9.72 Å². The number of anilines is 2. The summed E-state index contributed by atoms with van der Waals surface area (Å²) >= 11 is 0. The molecule has 3 rings (SSSR count). The van der Waals surface area contributed by atoms with E-state index in [9.17, 15) is 4.79 Å². The number of carbonyl (C=O) groups is 1. The largest absolute Gasteiger partial charge is 0.459 e. The fraction of sp³-hybridized carbons (Fsp3) is 0.273. The highest BCUT2D eigenvalue weighted by Crippen LogP contribution is 2.26. The van der Waals surface area contributed by atoms with E-state index in [1.54, 1.807) is 12.1 Å². The summed E-state index contributed by atoms with van der Waals surface area (Å²) < 4.78 is 5.21. The van der Waals surface area contributed by atoms with Gasteiger partial charge in [0.25, 0.3) is 0 Å². The van der Waals surface area contributed by atoms with E-state index in [1.165, 1.54) is 22.1 Å². The Morgan fingerprint density at radius 2 is 1.69 bits per heavy atom. The first-order valence-electron chi connectivity index (χ1n) is 8.80. The lowest BCUT2D eigenvalue weighted by Crippen LogP contribution is -2.11. The van der Waals surface area contributed by atoms with Crippen LogP contribution in [-0.2, 0) is 4.74 Å². The number of aromatic nitrogens is 1. The van der Waals surface area contributed by atoms with Gasteiger partial charge in [0.05, 0.1) is 17.2 Å². The third-order valence-corrected chi connectivity index (χ3v) is 4.19. The van der Waals surface area contributed by atoms with Crippen molar-refractivity contribution in [1.82, 2.24) is 4.98 Å². The molecular formula is C22H24N2O2. The van der Waals surface area contributed by atoms with Crippen LogP contribution in [0.25, 0.3) is 10.9 Å². The number of ether oxygens (including phenoxy) is 1. The highest BCUT2D eigenvalue weighted by molar-refractivity contribution is 5.90. The minimum atomic E-state index is -0.308. The number of hydrogen-bond acceptors (Lipinski definition) is 4. The van der Waals surface area contributed by atoms with E-state index in [-0.39, 0.29) is 12.1 Å². The van der Waals surface area contributed by atoms with Gasteiger partial charge in [0.15, 0.2) is 0 Å². The summed E-state index contributed by atoms with van der Waals surface area (Å²) in [6, 6.07) is 13.6. The van der Waals surface area contributed by atoms with Crippen LogP contribution in [0.2, 0.25) is 0 Å². The number of nitrogens with zero attached hydrogens (tertiary/aromatic N) is 1.